The van der Waals surface area contributed by atoms with Crippen LogP contribution in [0.2, 0.25) is 0 Å². The molecular weight excluding hydrogens is 703 g/mol. The molecule has 2 aliphatic rings. The van der Waals surface area contributed by atoms with E-state index in [9.17, 15) is 0 Å². The summed E-state index contributed by atoms with van der Waals surface area (Å²) in [5.41, 5.74) is 21.2. The van der Waals surface area contributed by atoms with Gasteiger partial charge in [0.2, 0.25) is 0 Å². The minimum absolute atomic E-state index is 0.433. The summed E-state index contributed by atoms with van der Waals surface area (Å²) in [5, 5.41) is 2.27. The lowest BCUT2D eigenvalue weighted by Crippen LogP contribution is -2.26. The van der Waals surface area contributed by atoms with E-state index in [2.05, 4.69) is 206 Å². The Kier molecular flexibility index (Phi) is 7.09. The zero-order valence-electron chi connectivity index (χ0n) is 32.0. The lowest BCUT2D eigenvalue weighted by molar-refractivity contribution is 0.670. The molecule has 1 heterocycles. The van der Waals surface area contributed by atoms with Crippen molar-refractivity contribution in [2.24, 2.45) is 0 Å². The first-order chi connectivity index (χ1) is 28.7. The number of fused-ring (bicyclic) bond motifs is 13. The van der Waals surface area contributed by atoms with Gasteiger partial charge >= 0.3 is 0 Å². The predicted molar refractivity (Wildman–Crippen MR) is 240 cm³/mol. The van der Waals surface area contributed by atoms with Crippen molar-refractivity contribution in [3.05, 3.63) is 234 Å². The summed E-state index contributed by atoms with van der Waals surface area (Å²) in [6.07, 6.45) is 0. The van der Waals surface area contributed by atoms with Crippen molar-refractivity contribution >= 4 is 39.0 Å². The number of aryl methyl sites for hydroxylation is 1. The van der Waals surface area contributed by atoms with Gasteiger partial charge in [-0.2, -0.15) is 0 Å². The highest BCUT2D eigenvalue weighted by Gasteiger charge is 2.51. The number of para-hydroxylation sites is 2. The van der Waals surface area contributed by atoms with Crippen LogP contribution < -0.4 is 4.90 Å². The molecule has 1 spiro atoms. The van der Waals surface area contributed by atoms with E-state index in [1.54, 1.807) is 0 Å². The minimum atomic E-state index is -0.433. The van der Waals surface area contributed by atoms with Crippen LogP contribution in [-0.4, -0.2) is 0 Å². The van der Waals surface area contributed by atoms with Gasteiger partial charge in [0.1, 0.15) is 11.2 Å². The highest BCUT2D eigenvalue weighted by molar-refractivity contribution is 6.09. The first-order valence-corrected chi connectivity index (χ1v) is 20.1. The predicted octanol–water partition coefficient (Wildman–Crippen LogP) is 15.0. The summed E-state index contributed by atoms with van der Waals surface area (Å²) in [7, 11) is 0. The molecule has 0 aliphatic heterocycles. The van der Waals surface area contributed by atoms with Crippen LogP contribution in [0.4, 0.5) is 17.1 Å². The number of hydrogen-bond acceptors (Lipinski definition) is 2. The fourth-order valence-corrected chi connectivity index (χ4v) is 10.0. The second-order valence-corrected chi connectivity index (χ2v) is 15.7. The van der Waals surface area contributed by atoms with Crippen molar-refractivity contribution in [2.75, 3.05) is 4.90 Å². The number of rotatable bonds is 5. The van der Waals surface area contributed by atoms with Gasteiger partial charge in [-0.3, -0.25) is 0 Å². The summed E-state index contributed by atoms with van der Waals surface area (Å²) in [6, 6.07) is 75.6. The number of benzene rings is 9. The lowest BCUT2D eigenvalue weighted by Gasteiger charge is -2.32. The zero-order chi connectivity index (χ0) is 38.4. The largest absolute Gasteiger partial charge is 0.455 e. The van der Waals surface area contributed by atoms with Crippen LogP contribution in [0.1, 0.15) is 27.8 Å². The van der Waals surface area contributed by atoms with Crippen molar-refractivity contribution < 1.29 is 4.42 Å². The molecule has 1 atom stereocenters. The average molecular weight is 740 g/mol. The molecule has 0 fully saturated rings. The van der Waals surface area contributed by atoms with Crippen LogP contribution >= 0.6 is 0 Å². The van der Waals surface area contributed by atoms with Crippen molar-refractivity contribution in [1.29, 1.82) is 0 Å². The molecular formula is C56H37NO. The van der Waals surface area contributed by atoms with Crippen molar-refractivity contribution in [1.82, 2.24) is 0 Å². The van der Waals surface area contributed by atoms with Crippen molar-refractivity contribution in [3.63, 3.8) is 0 Å². The highest BCUT2D eigenvalue weighted by atomic mass is 16.3. The minimum Gasteiger partial charge on any atom is -0.455 e. The van der Waals surface area contributed by atoms with Crippen LogP contribution in [0.15, 0.2) is 211 Å². The quantitative estimate of drug-likeness (QED) is 0.175. The van der Waals surface area contributed by atoms with Gasteiger partial charge in [-0.1, -0.05) is 169 Å². The Hall–Kier alpha value is -7.42. The van der Waals surface area contributed by atoms with Crippen molar-refractivity contribution in [2.45, 2.75) is 12.3 Å². The molecule has 2 aliphatic carbocycles. The van der Waals surface area contributed by atoms with E-state index < -0.39 is 5.41 Å². The second kappa shape index (κ2) is 12.5. The Morgan fingerprint density at radius 1 is 0.362 bits per heavy atom. The summed E-state index contributed by atoms with van der Waals surface area (Å²) in [4.78, 5) is 2.41. The molecule has 12 rings (SSSR count). The molecule has 9 aromatic carbocycles. The van der Waals surface area contributed by atoms with Crippen LogP contribution in [0.3, 0.4) is 0 Å². The van der Waals surface area contributed by atoms with Crippen LogP contribution in [0.5, 0.6) is 0 Å². The first-order valence-electron chi connectivity index (χ1n) is 20.1. The number of hydrogen-bond donors (Lipinski definition) is 0. The molecule has 2 nitrogen and oxygen atoms in total. The fraction of sp³-hybridized carbons (Fsp3) is 0.0357. The second-order valence-electron chi connectivity index (χ2n) is 15.7. The first kappa shape index (κ1) is 32.8. The number of nitrogens with zero attached hydrogens (tertiary/aromatic N) is 1. The maximum absolute atomic E-state index is 6.46. The molecule has 0 saturated carbocycles. The van der Waals surface area contributed by atoms with Crippen LogP contribution in [0.25, 0.3) is 66.4 Å². The number of anilines is 3. The lowest BCUT2D eigenvalue weighted by atomic mass is 9.70. The standard InChI is InChI=1S/C56H37NO/c1-36-22-32-46-44-14-5-8-19-50(44)56(52(46)34-36)51-20-9-6-15-45(51)47-33-31-42(35-53(47)56)57(40-27-23-38(24-28-40)37-12-3-2-4-13-37)41-29-25-39(26-30-41)43-17-11-18-49-48-16-7-10-21-54(48)58-55(43)49/h2-35H,1H3. The molecule has 0 amide bonds. The molecule has 1 unspecified atom stereocenters. The third-order valence-electron chi connectivity index (χ3n) is 12.6. The maximum atomic E-state index is 6.46. The molecule has 2 heteroatoms. The normalized spacial score (nSPS) is 14.7. The smallest absolute Gasteiger partial charge is 0.143 e. The van der Waals surface area contributed by atoms with Gasteiger partial charge < -0.3 is 9.32 Å². The fourth-order valence-electron chi connectivity index (χ4n) is 10.0. The molecule has 10 aromatic rings. The van der Waals surface area contributed by atoms with Gasteiger partial charge in [-0.15, -0.1) is 0 Å². The van der Waals surface area contributed by atoms with E-state index >= 15 is 0 Å². The van der Waals surface area contributed by atoms with Gasteiger partial charge in [0.05, 0.1) is 5.41 Å². The van der Waals surface area contributed by atoms with Gasteiger partial charge in [0, 0.05) is 33.4 Å². The monoisotopic (exact) mass is 739 g/mol. The zero-order valence-corrected chi connectivity index (χ0v) is 32.0. The third-order valence-corrected chi connectivity index (χ3v) is 12.6. The SMILES string of the molecule is Cc1ccc2c(c1)C1(c3ccccc3-2)c2ccccc2-c2ccc(N(c3ccc(-c4ccccc4)cc3)c3ccc(-c4cccc5c4oc4ccccc45)cc3)cc21. The van der Waals surface area contributed by atoms with Gasteiger partial charge in [0.15, 0.2) is 0 Å². The summed E-state index contributed by atoms with van der Waals surface area (Å²) >= 11 is 0. The summed E-state index contributed by atoms with van der Waals surface area (Å²) < 4.78 is 6.46. The average Bonchev–Trinajstić information content (AvgIpc) is 3.91. The van der Waals surface area contributed by atoms with E-state index in [-0.39, 0.29) is 0 Å². The molecule has 0 N–H and O–H groups in total. The van der Waals surface area contributed by atoms with Crippen LogP contribution in [0, 0.1) is 6.92 Å². The molecule has 1 aromatic heterocycles. The topological polar surface area (TPSA) is 16.4 Å². The van der Waals surface area contributed by atoms with Crippen molar-refractivity contribution in [3.8, 4) is 44.5 Å². The molecule has 58 heavy (non-hydrogen) atoms. The summed E-state index contributed by atoms with van der Waals surface area (Å²) in [5.74, 6) is 0. The van der Waals surface area contributed by atoms with E-state index in [4.69, 9.17) is 4.42 Å². The molecule has 0 saturated heterocycles. The molecule has 0 radical (unpaired) electrons. The van der Waals surface area contributed by atoms with E-state index in [0.29, 0.717) is 0 Å². The maximum Gasteiger partial charge on any atom is 0.143 e. The number of furan rings is 1. The van der Waals surface area contributed by atoms with Gasteiger partial charge in [-0.05, 0) is 111 Å². The summed E-state index contributed by atoms with van der Waals surface area (Å²) in [6.45, 7) is 2.22. The Labute approximate surface area is 337 Å². The van der Waals surface area contributed by atoms with Gasteiger partial charge in [-0.25, -0.2) is 0 Å². The van der Waals surface area contributed by atoms with Crippen LogP contribution in [-0.2, 0) is 5.41 Å². The Balaban J connectivity index is 1.05. The van der Waals surface area contributed by atoms with E-state index in [1.165, 1.54) is 61.2 Å². The molecule has 0 bridgehead atoms. The van der Waals surface area contributed by atoms with Gasteiger partial charge in [0.25, 0.3) is 0 Å². The van der Waals surface area contributed by atoms with E-state index in [1.807, 2.05) is 12.1 Å². The Bertz CT molecular complexity index is 3220. The van der Waals surface area contributed by atoms with E-state index in [0.717, 1.165) is 50.1 Å². The Morgan fingerprint density at radius 3 is 1.60 bits per heavy atom. The highest BCUT2D eigenvalue weighted by Crippen LogP contribution is 2.63. The third kappa shape index (κ3) is 4.66. The Morgan fingerprint density at radius 2 is 0.879 bits per heavy atom. The molecule has 272 valence electrons.